The van der Waals surface area contributed by atoms with E-state index in [4.69, 9.17) is 9.47 Å². The molecule has 0 atom stereocenters. The molecule has 0 spiro atoms. The zero-order valence-corrected chi connectivity index (χ0v) is 11.1. The monoisotopic (exact) mass is 266 g/mol. The van der Waals surface area contributed by atoms with Crippen LogP contribution < -0.4 is 9.47 Å². The molecule has 0 saturated carbocycles. The third kappa shape index (κ3) is 2.40. The Morgan fingerprint density at radius 3 is 2.70 bits per heavy atom. The van der Waals surface area contributed by atoms with Crippen LogP contribution in [0.15, 0.2) is 55.0 Å². The number of benzene rings is 2. The van der Waals surface area contributed by atoms with Crippen LogP contribution in [0.2, 0.25) is 0 Å². The Labute approximate surface area is 117 Å². The highest BCUT2D eigenvalue weighted by molar-refractivity contribution is 5.87. The summed E-state index contributed by atoms with van der Waals surface area (Å²) < 4.78 is 11.3. The summed E-state index contributed by atoms with van der Waals surface area (Å²) in [6.07, 6.45) is 3.26. The third-order valence-corrected chi connectivity index (χ3v) is 3.05. The average molecular weight is 266 g/mol. The lowest BCUT2D eigenvalue weighted by Crippen LogP contribution is -1.99. The zero-order valence-electron chi connectivity index (χ0n) is 11.1. The Balaban J connectivity index is 1.96. The van der Waals surface area contributed by atoms with Gasteiger partial charge in [0.05, 0.1) is 18.0 Å². The number of fused-ring (bicyclic) bond motifs is 1. The average Bonchev–Trinajstić information content (AvgIpc) is 2.53. The van der Waals surface area contributed by atoms with Gasteiger partial charge >= 0.3 is 0 Å². The van der Waals surface area contributed by atoms with E-state index >= 15 is 0 Å². The molecule has 0 radical (unpaired) electrons. The molecule has 0 aliphatic carbocycles. The van der Waals surface area contributed by atoms with Crippen LogP contribution in [-0.4, -0.2) is 17.1 Å². The van der Waals surface area contributed by atoms with Gasteiger partial charge in [-0.15, -0.1) is 0 Å². The molecule has 1 heterocycles. The molecule has 100 valence electrons. The Morgan fingerprint density at radius 2 is 1.90 bits per heavy atom. The summed E-state index contributed by atoms with van der Waals surface area (Å²) >= 11 is 0. The highest BCUT2D eigenvalue weighted by Crippen LogP contribution is 2.34. The fraction of sp³-hybridized carbons (Fsp3) is 0.125. The van der Waals surface area contributed by atoms with Crippen molar-refractivity contribution in [1.29, 1.82) is 0 Å². The Kier molecular flexibility index (Phi) is 3.46. The quantitative estimate of drug-likeness (QED) is 0.727. The Morgan fingerprint density at radius 1 is 1.05 bits per heavy atom. The van der Waals surface area contributed by atoms with Crippen LogP contribution in [0.5, 0.6) is 11.5 Å². The van der Waals surface area contributed by atoms with E-state index in [0.717, 1.165) is 16.5 Å². The van der Waals surface area contributed by atoms with Gasteiger partial charge in [0, 0.05) is 6.20 Å². The molecule has 1 aromatic heterocycles. The van der Waals surface area contributed by atoms with Crippen molar-refractivity contribution in [2.75, 3.05) is 7.11 Å². The lowest BCUT2D eigenvalue weighted by Gasteiger charge is -2.12. The summed E-state index contributed by atoms with van der Waals surface area (Å²) in [5.74, 6) is 1.36. The minimum absolute atomic E-state index is 0.477. The van der Waals surface area contributed by atoms with Gasteiger partial charge in [0.2, 0.25) is 0 Å². The maximum atomic E-state index is 5.92. The van der Waals surface area contributed by atoms with Crippen LogP contribution in [0.25, 0.3) is 10.9 Å². The third-order valence-electron chi connectivity index (χ3n) is 3.05. The predicted molar refractivity (Wildman–Crippen MR) is 76.9 cm³/mol. The molecule has 0 saturated heterocycles. The smallest absolute Gasteiger partial charge is 0.172 e. The molecular weight excluding hydrogens is 252 g/mol. The van der Waals surface area contributed by atoms with E-state index in [9.17, 15) is 0 Å². The zero-order chi connectivity index (χ0) is 13.8. The van der Waals surface area contributed by atoms with Gasteiger partial charge < -0.3 is 9.47 Å². The second kappa shape index (κ2) is 5.57. The molecule has 3 aromatic rings. The minimum Gasteiger partial charge on any atom is -0.493 e. The summed E-state index contributed by atoms with van der Waals surface area (Å²) in [6.45, 7) is 0.477. The number of methoxy groups -OCH3 is 1. The topological polar surface area (TPSA) is 44.2 Å². The van der Waals surface area contributed by atoms with Gasteiger partial charge in [-0.05, 0) is 17.7 Å². The number of hydrogen-bond donors (Lipinski definition) is 0. The summed E-state index contributed by atoms with van der Waals surface area (Å²) in [6, 6.07) is 13.8. The molecular formula is C16H14N2O2. The van der Waals surface area contributed by atoms with Crippen molar-refractivity contribution < 1.29 is 9.47 Å². The lowest BCUT2D eigenvalue weighted by molar-refractivity contribution is 0.288. The first-order valence-corrected chi connectivity index (χ1v) is 6.32. The molecule has 0 fully saturated rings. The van der Waals surface area contributed by atoms with E-state index in [1.807, 2.05) is 42.5 Å². The minimum atomic E-state index is 0.477. The van der Waals surface area contributed by atoms with Crippen LogP contribution in [0.4, 0.5) is 0 Å². The molecule has 0 aliphatic heterocycles. The first-order chi connectivity index (χ1) is 9.88. The van der Waals surface area contributed by atoms with Crippen LogP contribution in [0.3, 0.4) is 0 Å². The van der Waals surface area contributed by atoms with Gasteiger partial charge in [0.1, 0.15) is 12.9 Å². The molecule has 4 nitrogen and oxygen atoms in total. The second-order valence-electron chi connectivity index (χ2n) is 4.33. The Bertz CT molecular complexity index is 714. The molecule has 20 heavy (non-hydrogen) atoms. The molecule has 0 aliphatic rings. The van der Waals surface area contributed by atoms with Gasteiger partial charge in [-0.3, -0.25) is 0 Å². The normalized spacial score (nSPS) is 10.4. The first kappa shape index (κ1) is 12.4. The number of aromatic nitrogens is 2. The summed E-state index contributed by atoms with van der Waals surface area (Å²) in [4.78, 5) is 8.28. The molecule has 0 N–H and O–H groups in total. The fourth-order valence-electron chi connectivity index (χ4n) is 2.05. The molecule has 0 bridgehead atoms. The number of rotatable bonds is 4. The van der Waals surface area contributed by atoms with Crippen molar-refractivity contribution in [2.45, 2.75) is 6.61 Å². The maximum Gasteiger partial charge on any atom is 0.172 e. The lowest BCUT2D eigenvalue weighted by atomic mass is 10.2. The SMILES string of the molecule is COc1ccc2ncncc2c1OCc1ccccc1. The van der Waals surface area contributed by atoms with Crippen molar-refractivity contribution >= 4 is 10.9 Å². The maximum absolute atomic E-state index is 5.92. The van der Waals surface area contributed by atoms with Gasteiger partial charge in [-0.2, -0.15) is 0 Å². The second-order valence-corrected chi connectivity index (χ2v) is 4.33. The van der Waals surface area contributed by atoms with E-state index in [1.54, 1.807) is 13.3 Å². The molecule has 4 heteroatoms. The summed E-state index contributed by atoms with van der Waals surface area (Å²) in [7, 11) is 1.63. The van der Waals surface area contributed by atoms with Gasteiger partial charge in [-0.25, -0.2) is 9.97 Å². The van der Waals surface area contributed by atoms with Crippen LogP contribution in [-0.2, 0) is 6.61 Å². The fourth-order valence-corrected chi connectivity index (χ4v) is 2.05. The predicted octanol–water partition coefficient (Wildman–Crippen LogP) is 3.22. The highest BCUT2D eigenvalue weighted by atomic mass is 16.5. The molecule has 2 aromatic carbocycles. The molecule has 0 unspecified atom stereocenters. The number of ether oxygens (including phenoxy) is 2. The van der Waals surface area contributed by atoms with Gasteiger partial charge in [0.25, 0.3) is 0 Å². The standard InChI is InChI=1S/C16H14N2O2/c1-19-15-8-7-14-13(9-17-11-18-14)16(15)20-10-12-5-3-2-4-6-12/h2-9,11H,10H2,1H3. The van der Waals surface area contributed by atoms with Crippen LogP contribution in [0.1, 0.15) is 5.56 Å². The largest absolute Gasteiger partial charge is 0.493 e. The van der Waals surface area contributed by atoms with Crippen LogP contribution >= 0.6 is 0 Å². The van der Waals surface area contributed by atoms with E-state index in [0.29, 0.717) is 18.1 Å². The Hall–Kier alpha value is -2.62. The van der Waals surface area contributed by atoms with Gasteiger partial charge in [0.15, 0.2) is 11.5 Å². The highest BCUT2D eigenvalue weighted by Gasteiger charge is 2.10. The summed E-state index contributed by atoms with van der Waals surface area (Å²) in [5.41, 5.74) is 1.94. The van der Waals surface area contributed by atoms with Crippen molar-refractivity contribution in [3.63, 3.8) is 0 Å². The van der Waals surface area contributed by atoms with E-state index < -0.39 is 0 Å². The van der Waals surface area contributed by atoms with Crippen molar-refractivity contribution in [2.24, 2.45) is 0 Å². The first-order valence-electron chi connectivity index (χ1n) is 6.32. The van der Waals surface area contributed by atoms with Crippen molar-refractivity contribution in [3.05, 3.63) is 60.6 Å². The number of hydrogen-bond acceptors (Lipinski definition) is 4. The van der Waals surface area contributed by atoms with Gasteiger partial charge in [-0.1, -0.05) is 30.3 Å². The van der Waals surface area contributed by atoms with Crippen LogP contribution in [0, 0.1) is 0 Å². The summed E-state index contributed by atoms with van der Waals surface area (Å²) in [5, 5.41) is 0.850. The van der Waals surface area contributed by atoms with E-state index in [2.05, 4.69) is 9.97 Å². The van der Waals surface area contributed by atoms with Crippen molar-refractivity contribution in [3.8, 4) is 11.5 Å². The van der Waals surface area contributed by atoms with E-state index in [1.165, 1.54) is 6.33 Å². The number of nitrogens with zero attached hydrogens (tertiary/aromatic N) is 2. The molecule has 3 rings (SSSR count). The molecule has 0 amide bonds. The van der Waals surface area contributed by atoms with Crippen molar-refractivity contribution in [1.82, 2.24) is 9.97 Å². The van der Waals surface area contributed by atoms with E-state index in [-0.39, 0.29) is 0 Å².